The molecule has 5 fully saturated rings. The second-order valence-electron chi connectivity index (χ2n) is 8.37. The second kappa shape index (κ2) is 5.47. The van der Waals surface area contributed by atoms with Gasteiger partial charge in [0.15, 0.2) is 6.10 Å². The summed E-state index contributed by atoms with van der Waals surface area (Å²) in [6, 6.07) is 0. The average molecular weight is 321 g/mol. The third-order valence-corrected chi connectivity index (χ3v) is 6.50. The summed E-state index contributed by atoms with van der Waals surface area (Å²) >= 11 is 0. The number of carbonyl (C=O) groups is 2. The van der Waals surface area contributed by atoms with Crippen LogP contribution < -0.4 is 0 Å². The lowest BCUT2D eigenvalue weighted by atomic mass is 9.49. The Bertz CT molecular complexity index is 482. The highest BCUT2D eigenvalue weighted by Gasteiger charge is 2.56. The second-order valence-corrected chi connectivity index (χ2v) is 8.37. The van der Waals surface area contributed by atoms with Crippen molar-refractivity contribution in [2.75, 3.05) is 20.2 Å². The van der Waals surface area contributed by atoms with Crippen molar-refractivity contribution in [3.8, 4) is 0 Å². The Hall–Kier alpha value is -1.10. The molecule has 1 amide bonds. The number of methoxy groups -OCH3 is 1. The van der Waals surface area contributed by atoms with Crippen molar-refractivity contribution in [3.05, 3.63) is 0 Å². The molecule has 5 heteroatoms. The molecule has 0 unspecified atom stereocenters. The molecule has 0 aromatic rings. The number of nitrogens with zero attached hydrogens (tertiary/aromatic N) is 1. The Morgan fingerprint density at radius 3 is 2.13 bits per heavy atom. The Morgan fingerprint density at radius 2 is 1.61 bits per heavy atom. The van der Waals surface area contributed by atoms with Gasteiger partial charge in [0.25, 0.3) is 0 Å². The fourth-order valence-electron chi connectivity index (χ4n) is 6.09. The Morgan fingerprint density at radius 1 is 1.04 bits per heavy atom. The standard InChI is InChI=1S/C18H27NO4/c1-11-9-19(10-15(23-11)16(20)22-2)17(21)18-6-12-3-13(7-18)5-14(4-12)8-18/h11-15H,3-10H2,1-2H3/t11-,12?,13?,14?,15+,18?/m1/s1. The predicted octanol–water partition coefficient (Wildman–Crippen LogP) is 1.99. The van der Waals surface area contributed by atoms with Gasteiger partial charge in [-0.05, 0) is 63.2 Å². The molecule has 0 aromatic heterocycles. The molecule has 1 saturated heterocycles. The Kier molecular flexibility index (Phi) is 3.67. The number of hydrogen-bond donors (Lipinski definition) is 0. The van der Waals surface area contributed by atoms with E-state index >= 15 is 0 Å². The monoisotopic (exact) mass is 321 g/mol. The van der Waals surface area contributed by atoms with E-state index in [1.165, 1.54) is 26.4 Å². The van der Waals surface area contributed by atoms with Crippen molar-refractivity contribution in [2.45, 2.75) is 57.7 Å². The van der Waals surface area contributed by atoms with Crippen LogP contribution in [0.3, 0.4) is 0 Å². The average Bonchev–Trinajstić information content (AvgIpc) is 2.51. The minimum Gasteiger partial charge on any atom is -0.467 e. The van der Waals surface area contributed by atoms with E-state index in [0.717, 1.165) is 37.0 Å². The van der Waals surface area contributed by atoms with Gasteiger partial charge in [-0.25, -0.2) is 4.79 Å². The van der Waals surface area contributed by atoms with Gasteiger partial charge in [-0.2, -0.15) is 0 Å². The summed E-state index contributed by atoms with van der Waals surface area (Å²) in [5, 5.41) is 0. The molecule has 5 rings (SSSR count). The summed E-state index contributed by atoms with van der Waals surface area (Å²) in [4.78, 5) is 27.1. The minimum absolute atomic E-state index is 0.120. The van der Waals surface area contributed by atoms with Gasteiger partial charge in [0.2, 0.25) is 5.91 Å². The topological polar surface area (TPSA) is 55.8 Å². The molecule has 2 atom stereocenters. The fourth-order valence-corrected chi connectivity index (χ4v) is 6.09. The third-order valence-electron chi connectivity index (χ3n) is 6.50. The van der Waals surface area contributed by atoms with Crippen LogP contribution in [0.15, 0.2) is 0 Å². The summed E-state index contributed by atoms with van der Waals surface area (Å²) in [5.41, 5.74) is -0.146. The fraction of sp³-hybridized carbons (Fsp3) is 0.889. The normalized spacial score (nSPS) is 45.1. The van der Waals surface area contributed by atoms with Crippen LogP contribution in [0, 0.1) is 23.2 Å². The van der Waals surface area contributed by atoms with Gasteiger partial charge in [0.1, 0.15) is 0 Å². The molecular weight excluding hydrogens is 294 g/mol. The highest BCUT2D eigenvalue weighted by molar-refractivity contribution is 5.84. The number of amides is 1. The zero-order chi connectivity index (χ0) is 16.2. The highest BCUT2D eigenvalue weighted by atomic mass is 16.6. The molecule has 0 N–H and O–H groups in total. The lowest BCUT2D eigenvalue weighted by Gasteiger charge is -2.57. The Labute approximate surface area is 137 Å². The predicted molar refractivity (Wildman–Crippen MR) is 83.5 cm³/mol. The molecule has 5 aliphatic rings. The van der Waals surface area contributed by atoms with E-state index in [-0.39, 0.29) is 23.4 Å². The highest BCUT2D eigenvalue weighted by Crippen LogP contribution is 2.60. The summed E-state index contributed by atoms with van der Waals surface area (Å²) in [6.07, 6.45) is 6.42. The van der Waals surface area contributed by atoms with Crippen molar-refractivity contribution in [1.29, 1.82) is 0 Å². The van der Waals surface area contributed by atoms with Gasteiger partial charge in [-0.3, -0.25) is 4.79 Å². The largest absolute Gasteiger partial charge is 0.467 e. The van der Waals surface area contributed by atoms with Crippen molar-refractivity contribution in [2.24, 2.45) is 23.2 Å². The molecule has 0 aromatic carbocycles. The quantitative estimate of drug-likeness (QED) is 0.730. The summed E-state index contributed by atoms with van der Waals surface area (Å²) in [5.74, 6) is 2.15. The van der Waals surface area contributed by atoms with Crippen molar-refractivity contribution < 1.29 is 19.1 Å². The minimum atomic E-state index is -0.637. The summed E-state index contributed by atoms with van der Waals surface area (Å²) < 4.78 is 10.5. The van der Waals surface area contributed by atoms with Crippen LogP contribution in [-0.2, 0) is 19.1 Å². The van der Waals surface area contributed by atoms with E-state index < -0.39 is 6.10 Å². The van der Waals surface area contributed by atoms with Gasteiger partial charge in [-0.1, -0.05) is 0 Å². The number of rotatable bonds is 2. The maximum Gasteiger partial charge on any atom is 0.336 e. The first kappa shape index (κ1) is 15.4. The van der Waals surface area contributed by atoms with Crippen molar-refractivity contribution in [3.63, 3.8) is 0 Å². The molecule has 23 heavy (non-hydrogen) atoms. The van der Waals surface area contributed by atoms with E-state index in [1.54, 1.807) is 0 Å². The van der Waals surface area contributed by atoms with Crippen LogP contribution in [0.25, 0.3) is 0 Å². The van der Waals surface area contributed by atoms with Crippen LogP contribution in [0.5, 0.6) is 0 Å². The zero-order valence-electron chi connectivity index (χ0n) is 14.1. The number of ether oxygens (including phenoxy) is 2. The van der Waals surface area contributed by atoms with Gasteiger partial charge < -0.3 is 14.4 Å². The molecule has 128 valence electrons. The van der Waals surface area contributed by atoms with Crippen molar-refractivity contribution >= 4 is 11.9 Å². The molecule has 4 aliphatic carbocycles. The van der Waals surface area contributed by atoms with Crippen LogP contribution in [-0.4, -0.2) is 49.2 Å². The van der Waals surface area contributed by atoms with Gasteiger partial charge in [-0.15, -0.1) is 0 Å². The summed E-state index contributed by atoms with van der Waals surface area (Å²) in [6.45, 7) is 2.86. The first-order chi connectivity index (χ1) is 11.0. The first-order valence-corrected chi connectivity index (χ1v) is 9.02. The van der Waals surface area contributed by atoms with E-state index in [0.29, 0.717) is 13.1 Å². The molecule has 1 aliphatic heterocycles. The molecule has 0 spiro atoms. The van der Waals surface area contributed by atoms with Crippen molar-refractivity contribution in [1.82, 2.24) is 4.90 Å². The number of carbonyl (C=O) groups excluding carboxylic acids is 2. The molecule has 0 radical (unpaired) electrons. The third kappa shape index (κ3) is 2.57. The molecule has 4 bridgehead atoms. The maximum absolute atomic E-state index is 13.4. The number of morpholine rings is 1. The van der Waals surface area contributed by atoms with Gasteiger partial charge in [0, 0.05) is 6.54 Å². The van der Waals surface area contributed by atoms with Crippen LogP contribution in [0.2, 0.25) is 0 Å². The number of esters is 1. The van der Waals surface area contributed by atoms with Gasteiger partial charge in [0.05, 0.1) is 25.2 Å². The SMILES string of the molecule is COC(=O)[C@@H]1CN(C(=O)C23CC4CC(CC(C4)C2)C3)C[C@@H](C)O1. The van der Waals surface area contributed by atoms with Crippen LogP contribution >= 0.6 is 0 Å². The summed E-state index contributed by atoms with van der Waals surface area (Å²) in [7, 11) is 1.37. The first-order valence-electron chi connectivity index (χ1n) is 9.02. The molecule has 4 saturated carbocycles. The van der Waals surface area contributed by atoms with Gasteiger partial charge >= 0.3 is 5.97 Å². The zero-order valence-corrected chi connectivity index (χ0v) is 14.1. The smallest absolute Gasteiger partial charge is 0.336 e. The maximum atomic E-state index is 13.4. The van der Waals surface area contributed by atoms with E-state index in [2.05, 4.69) is 0 Å². The lowest BCUT2D eigenvalue weighted by molar-refractivity contribution is -0.178. The van der Waals surface area contributed by atoms with Crippen LogP contribution in [0.4, 0.5) is 0 Å². The van der Waals surface area contributed by atoms with E-state index in [1.807, 2.05) is 11.8 Å². The van der Waals surface area contributed by atoms with Crippen LogP contribution in [0.1, 0.15) is 45.4 Å². The molecule has 1 heterocycles. The Balaban J connectivity index is 1.53. The lowest BCUT2D eigenvalue weighted by Crippen LogP contribution is -2.59. The van der Waals surface area contributed by atoms with E-state index in [4.69, 9.17) is 9.47 Å². The van der Waals surface area contributed by atoms with E-state index in [9.17, 15) is 9.59 Å². The number of hydrogen-bond acceptors (Lipinski definition) is 4. The molecule has 5 nitrogen and oxygen atoms in total. The molecular formula is C18H27NO4.